The first kappa shape index (κ1) is 27.7. The van der Waals surface area contributed by atoms with Crippen LogP contribution in [0.4, 0.5) is 0 Å². The van der Waals surface area contributed by atoms with Crippen LogP contribution < -0.4 is 0 Å². The molecule has 36 heavy (non-hydrogen) atoms. The normalized spacial score (nSPS) is 50.9. The standard InChI is InChI=1S/C21H32O15/c22-4-7-3-10(25)21(36-20-17(31)15(29)13(27)9(6-24)34-20)1-2-32-18(11(7)21)35-19-16(30)14(28)12(26)8(5-23)33-19/h1-3,8-20,22-31H,4-6H2. The molecular formula is C21H32O15. The molecule has 206 valence electrons. The van der Waals surface area contributed by atoms with Gasteiger partial charge in [0.05, 0.1) is 32.0 Å². The van der Waals surface area contributed by atoms with E-state index in [-0.39, 0.29) is 5.57 Å². The highest BCUT2D eigenvalue weighted by Crippen LogP contribution is 2.47. The Morgan fingerprint density at radius 1 is 0.722 bits per heavy atom. The van der Waals surface area contributed by atoms with Gasteiger partial charge in [-0.2, -0.15) is 0 Å². The molecule has 0 bridgehead atoms. The van der Waals surface area contributed by atoms with Crippen LogP contribution in [0.25, 0.3) is 0 Å². The first-order valence-corrected chi connectivity index (χ1v) is 11.4. The number of rotatable bonds is 7. The van der Waals surface area contributed by atoms with E-state index >= 15 is 0 Å². The van der Waals surface area contributed by atoms with Crippen molar-refractivity contribution in [2.75, 3.05) is 19.8 Å². The molecule has 14 atom stereocenters. The van der Waals surface area contributed by atoms with Crippen molar-refractivity contribution in [2.45, 2.75) is 79.4 Å². The Bertz CT molecular complexity index is 819. The molecule has 14 unspecified atom stereocenters. The van der Waals surface area contributed by atoms with Crippen molar-refractivity contribution in [2.24, 2.45) is 5.92 Å². The van der Waals surface area contributed by atoms with Gasteiger partial charge in [0, 0.05) is 0 Å². The summed E-state index contributed by atoms with van der Waals surface area (Å²) in [5.41, 5.74) is -1.67. The minimum absolute atomic E-state index is 0.158. The van der Waals surface area contributed by atoms with E-state index < -0.39 is 105 Å². The fraction of sp³-hybridized carbons (Fsp3) is 0.810. The molecule has 0 aromatic rings. The molecule has 4 aliphatic rings. The second-order valence-electron chi connectivity index (χ2n) is 9.13. The van der Waals surface area contributed by atoms with Crippen LogP contribution in [-0.2, 0) is 23.7 Å². The maximum Gasteiger partial charge on any atom is 0.211 e. The van der Waals surface area contributed by atoms with Crippen LogP contribution in [-0.4, -0.2) is 150 Å². The molecule has 0 saturated carbocycles. The van der Waals surface area contributed by atoms with Crippen molar-refractivity contribution >= 4 is 0 Å². The Kier molecular flexibility index (Phi) is 8.35. The molecule has 3 heterocycles. The predicted octanol–water partition coefficient (Wildman–Crippen LogP) is -5.86. The topological polar surface area (TPSA) is 248 Å². The summed E-state index contributed by atoms with van der Waals surface area (Å²) in [7, 11) is 0. The molecular weight excluding hydrogens is 492 g/mol. The van der Waals surface area contributed by atoms with Gasteiger partial charge in [0.2, 0.25) is 6.29 Å². The van der Waals surface area contributed by atoms with Gasteiger partial charge in [-0.1, -0.05) is 6.08 Å². The molecule has 2 saturated heterocycles. The summed E-state index contributed by atoms with van der Waals surface area (Å²) >= 11 is 0. The Morgan fingerprint density at radius 2 is 1.28 bits per heavy atom. The van der Waals surface area contributed by atoms with Crippen LogP contribution >= 0.6 is 0 Å². The number of hydrogen-bond donors (Lipinski definition) is 10. The van der Waals surface area contributed by atoms with Crippen LogP contribution in [0.5, 0.6) is 0 Å². The number of ether oxygens (including phenoxy) is 5. The molecule has 0 aromatic carbocycles. The second-order valence-corrected chi connectivity index (χ2v) is 9.13. The zero-order chi connectivity index (χ0) is 26.4. The first-order chi connectivity index (χ1) is 17.1. The van der Waals surface area contributed by atoms with Crippen molar-refractivity contribution in [3.05, 3.63) is 24.0 Å². The van der Waals surface area contributed by atoms with Gasteiger partial charge in [0.25, 0.3) is 0 Å². The molecule has 0 aromatic heterocycles. The van der Waals surface area contributed by atoms with E-state index in [1.54, 1.807) is 0 Å². The van der Waals surface area contributed by atoms with E-state index in [0.29, 0.717) is 0 Å². The van der Waals surface area contributed by atoms with Gasteiger partial charge >= 0.3 is 0 Å². The lowest BCUT2D eigenvalue weighted by atomic mass is 9.82. The number of hydrogen-bond acceptors (Lipinski definition) is 15. The molecule has 4 rings (SSSR count). The predicted molar refractivity (Wildman–Crippen MR) is 111 cm³/mol. The van der Waals surface area contributed by atoms with Crippen molar-refractivity contribution < 1.29 is 74.7 Å². The van der Waals surface area contributed by atoms with E-state index in [1.165, 1.54) is 12.2 Å². The van der Waals surface area contributed by atoms with Crippen molar-refractivity contribution in [3.8, 4) is 0 Å². The summed E-state index contributed by atoms with van der Waals surface area (Å²) in [5.74, 6) is -1.16. The quantitative estimate of drug-likeness (QED) is 0.139. The molecule has 3 aliphatic heterocycles. The minimum atomic E-state index is -1.83. The summed E-state index contributed by atoms with van der Waals surface area (Å²) in [4.78, 5) is 0. The highest BCUT2D eigenvalue weighted by Gasteiger charge is 2.60. The first-order valence-electron chi connectivity index (χ1n) is 11.4. The maximum absolute atomic E-state index is 10.9. The number of aliphatic hydroxyl groups excluding tert-OH is 10. The van der Waals surface area contributed by atoms with Gasteiger partial charge < -0.3 is 74.7 Å². The minimum Gasteiger partial charge on any atom is -0.472 e. The highest BCUT2D eigenvalue weighted by molar-refractivity contribution is 5.34. The van der Waals surface area contributed by atoms with E-state index in [2.05, 4.69) is 0 Å². The van der Waals surface area contributed by atoms with E-state index in [0.717, 1.165) is 6.26 Å². The lowest BCUT2D eigenvalue weighted by molar-refractivity contribution is -0.362. The fourth-order valence-electron chi connectivity index (χ4n) is 4.92. The molecule has 0 amide bonds. The maximum atomic E-state index is 10.9. The summed E-state index contributed by atoms with van der Waals surface area (Å²) in [6.07, 6.45) is -15.6. The van der Waals surface area contributed by atoms with Crippen molar-refractivity contribution in [1.29, 1.82) is 0 Å². The van der Waals surface area contributed by atoms with Crippen molar-refractivity contribution in [1.82, 2.24) is 0 Å². The second kappa shape index (κ2) is 10.8. The summed E-state index contributed by atoms with van der Waals surface area (Å²) in [5, 5.41) is 101. The Labute approximate surface area is 204 Å². The third kappa shape index (κ3) is 4.59. The Morgan fingerprint density at radius 3 is 1.83 bits per heavy atom. The van der Waals surface area contributed by atoms with Gasteiger partial charge in [-0.25, -0.2) is 0 Å². The van der Waals surface area contributed by atoms with Gasteiger partial charge in [-0.15, -0.1) is 0 Å². The lowest BCUT2D eigenvalue weighted by Gasteiger charge is -2.48. The highest BCUT2D eigenvalue weighted by atomic mass is 16.8. The molecule has 1 aliphatic carbocycles. The molecule has 10 N–H and O–H groups in total. The molecule has 15 heteroatoms. The summed E-state index contributed by atoms with van der Waals surface area (Å²) in [6.45, 7) is -2.02. The van der Waals surface area contributed by atoms with Crippen LogP contribution in [0, 0.1) is 5.92 Å². The summed E-state index contributed by atoms with van der Waals surface area (Å²) in [6, 6.07) is 0. The van der Waals surface area contributed by atoms with Crippen LogP contribution in [0.1, 0.15) is 0 Å². The number of aliphatic hydroxyl groups is 10. The Hall–Kier alpha value is -1.28. The van der Waals surface area contributed by atoms with Crippen LogP contribution in [0.3, 0.4) is 0 Å². The van der Waals surface area contributed by atoms with Gasteiger partial charge in [-0.05, 0) is 11.6 Å². The SMILES string of the molecule is OCC1=CC(O)C2(OC3OC(CO)C(O)C(O)C3O)C=COC(OC3OC(CO)C(O)C(O)C3O)C12. The monoisotopic (exact) mass is 524 g/mol. The van der Waals surface area contributed by atoms with Crippen LogP contribution in [0.2, 0.25) is 0 Å². The molecule has 0 radical (unpaired) electrons. The van der Waals surface area contributed by atoms with Crippen LogP contribution in [0.15, 0.2) is 24.0 Å². The van der Waals surface area contributed by atoms with E-state index in [9.17, 15) is 51.1 Å². The van der Waals surface area contributed by atoms with E-state index in [4.69, 9.17) is 23.7 Å². The lowest BCUT2D eigenvalue weighted by Crippen LogP contribution is -2.64. The van der Waals surface area contributed by atoms with Gasteiger partial charge in [0.15, 0.2) is 12.6 Å². The third-order valence-corrected chi connectivity index (χ3v) is 7.00. The van der Waals surface area contributed by atoms with E-state index in [1.807, 2.05) is 0 Å². The zero-order valence-corrected chi connectivity index (χ0v) is 18.9. The average Bonchev–Trinajstić information content (AvgIpc) is 3.16. The number of fused-ring (bicyclic) bond motifs is 1. The zero-order valence-electron chi connectivity index (χ0n) is 18.9. The Balaban J connectivity index is 1.60. The molecule has 15 nitrogen and oxygen atoms in total. The third-order valence-electron chi connectivity index (χ3n) is 7.00. The average molecular weight is 524 g/mol. The fourth-order valence-corrected chi connectivity index (χ4v) is 4.92. The smallest absolute Gasteiger partial charge is 0.211 e. The molecule has 2 fully saturated rings. The van der Waals surface area contributed by atoms with Gasteiger partial charge in [0.1, 0.15) is 60.5 Å². The summed E-state index contributed by atoms with van der Waals surface area (Å²) < 4.78 is 27.9. The van der Waals surface area contributed by atoms with Gasteiger partial charge in [-0.3, -0.25) is 0 Å². The molecule has 0 spiro atoms. The van der Waals surface area contributed by atoms with Crippen molar-refractivity contribution in [3.63, 3.8) is 0 Å². The largest absolute Gasteiger partial charge is 0.472 e.